The lowest BCUT2D eigenvalue weighted by atomic mass is 10.1. The quantitative estimate of drug-likeness (QED) is 0.723. The van der Waals surface area contributed by atoms with Gasteiger partial charge in [0.2, 0.25) is 0 Å². The fourth-order valence-corrected chi connectivity index (χ4v) is 1.68. The summed E-state index contributed by atoms with van der Waals surface area (Å²) >= 11 is 0. The first-order valence-electron chi connectivity index (χ1n) is 5.53. The van der Waals surface area contributed by atoms with Gasteiger partial charge in [0, 0.05) is 5.69 Å². The van der Waals surface area contributed by atoms with E-state index in [0.717, 1.165) is 11.3 Å². The molecular formula is C14H14N2O2. The number of nitrogens with two attached hydrogens (primary N) is 1. The van der Waals surface area contributed by atoms with Crippen LogP contribution in [0.25, 0.3) is 0 Å². The number of carboxylic acids is 1. The average Bonchev–Trinajstić information content (AvgIpc) is 2.31. The van der Waals surface area contributed by atoms with Crippen LogP contribution in [0.15, 0.2) is 42.5 Å². The van der Waals surface area contributed by atoms with Gasteiger partial charge in [-0.15, -0.1) is 0 Å². The highest BCUT2D eigenvalue weighted by Gasteiger charge is 2.06. The summed E-state index contributed by atoms with van der Waals surface area (Å²) in [5.74, 6) is -0.970. The topological polar surface area (TPSA) is 75.3 Å². The molecule has 0 heterocycles. The standard InChI is InChI=1S/C14H14N2O2/c1-9-3-2-4-11(7-9)16-13-8-10(14(17)18)5-6-12(13)15/h2-8,16H,15H2,1H3,(H,17,18). The number of anilines is 3. The van der Waals surface area contributed by atoms with E-state index in [4.69, 9.17) is 10.8 Å². The van der Waals surface area contributed by atoms with Gasteiger partial charge in [0.05, 0.1) is 16.9 Å². The van der Waals surface area contributed by atoms with Gasteiger partial charge in [0.1, 0.15) is 0 Å². The smallest absolute Gasteiger partial charge is 0.335 e. The van der Waals surface area contributed by atoms with Gasteiger partial charge in [-0.1, -0.05) is 12.1 Å². The SMILES string of the molecule is Cc1cccc(Nc2cc(C(=O)O)ccc2N)c1. The summed E-state index contributed by atoms with van der Waals surface area (Å²) in [4.78, 5) is 10.9. The minimum Gasteiger partial charge on any atom is -0.478 e. The minimum atomic E-state index is -0.970. The van der Waals surface area contributed by atoms with Crippen LogP contribution >= 0.6 is 0 Å². The van der Waals surface area contributed by atoms with Gasteiger partial charge in [0.15, 0.2) is 0 Å². The first-order chi connectivity index (χ1) is 8.56. The lowest BCUT2D eigenvalue weighted by Gasteiger charge is -2.10. The zero-order valence-electron chi connectivity index (χ0n) is 9.97. The number of benzene rings is 2. The van der Waals surface area contributed by atoms with E-state index < -0.39 is 5.97 Å². The lowest BCUT2D eigenvalue weighted by Crippen LogP contribution is -2.01. The molecule has 2 aromatic rings. The Morgan fingerprint density at radius 3 is 2.67 bits per heavy atom. The maximum atomic E-state index is 10.9. The predicted octanol–water partition coefficient (Wildman–Crippen LogP) is 3.02. The molecule has 4 N–H and O–H groups in total. The highest BCUT2D eigenvalue weighted by Crippen LogP contribution is 2.24. The van der Waals surface area contributed by atoms with Crippen LogP contribution in [0.5, 0.6) is 0 Å². The van der Waals surface area contributed by atoms with Crippen molar-refractivity contribution in [3.63, 3.8) is 0 Å². The van der Waals surface area contributed by atoms with Crippen molar-refractivity contribution in [1.82, 2.24) is 0 Å². The number of aryl methyl sites for hydroxylation is 1. The molecule has 0 aliphatic heterocycles. The van der Waals surface area contributed by atoms with Gasteiger partial charge in [0.25, 0.3) is 0 Å². The van der Waals surface area contributed by atoms with E-state index in [9.17, 15) is 4.79 Å². The molecule has 4 heteroatoms. The molecule has 0 amide bonds. The molecular weight excluding hydrogens is 228 g/mol. The molecule has 2 rings (SSSR count). The Kier molecular flexibility index (Phi) is 3.19. The summed E-state index contributed by atoms with van der Waals surface area (Å²) < 4.78 is 0. The first-order valence-corrected chi connectivity index (χ1v) is 5.53. The van der Waals surface area contributed by atoms with Crippen molar-refractivity contribution in [3.05, 3.63) is 53.6 Å². The zero-order valence-corrected chi connectivity index (χ0v) is 9.97. The molecule has 0 atom stereocenters. The van der Waals surface area contributed by atoms with Crippen LogP contribution in [0, 0.1) is 6.92 Å². The van der Waals surface area contributed by atoms with Crippen LogP contribution in [0.3, 0.4) is 0 Å². The largest absolute Gasteiger partial charge is 0.478 e. The second-order valence-electron chi connectivity index (χ2n) is 4.10. The van der Waals surface area contributed by atoms with Crippen LogP contribution in [0.1, 0.15) is 15.9 Å². The van der Waals surface area contributed by atoms with Gasteiger partial charge in [-0.25, -0.2) is 4.79 Å². The average molecular weight is 242 g/mol. The maximum Gasteiger partial charge on any atom is 0.335 e. The molecule has 0 saturated carbocycles. The summed E-state index contributed by atoms with van der Waals surface area (Å²) in [7, 11) is 0. The Morgan fingerprint density at radius 2 is 2.00 bits per heavy atom. The molecule has 0 aromatic heterocycles. The minimum absolute atomic E-state index is 0.208. The highest BCUT2D eigenvalue weighted by atomic mass is 16.4. The molecule has 0 radical (unpaired) electrons. The van der Waals surface area contributed by atoms with Crippen LogP contribution in [-0.2, 0) is 0 Å². The van der Waals surface area contributed by atoms with E-state index in [1.807, 2.05) is 31.2 Å². The second kappa shape index (κ2) is 4.79. The zero-order chi connectivity index (χ0) is 13.1. The summed E-state index contributed by atoms with van der Waals surface area (Å²) in [6.45, 7) is 1.99. The monoisotopic (exact) mass is 242 g/mol. The van der Waals surface area contributed by atoms with Crippen molar-refractivity contribution in [2.24, 2.45) is 0 Å². The maximum absolute atomic E-state index is 10.9. The molecule has 0 spiro atoms. The van der Waals surface area contributed by atoms with Gasteiger partial charge in [-0.3, -0.25) is 0 Å². The molecule has 0 saturated heterocycles. The third-order valence-electron chi connectivity index (χ3n) is 2.60. The molecule has 2 aromatic carbocycles. The lowest BCUT2D eigenvalue weighted by molar-refractivity contribution is 0.0697. The number of carbonyl (C=O) groups is 1. The van der Waals surface area contributed by atoms with E-state index in [2.05, 4.69) is 5.32 Å². The van der Waals surface area contributed by atoms with Crippen molar-refractivity contribution < 1.29 is 9.90 Å². The Hall–Kier alpha value is -2.49. The fourth-order valence-electron chi connectivity index (χ4n) is 1.68. The summed E-state index contributed by atoms with van der Waals surface area (Å²) in [6, 6.07) is 12.4. The molecule has 0 fully saturated rings. The van der Waals surface area contributed by atoms with Crippen molar-refractivity contribution >= 4 is 23.0 Å². The van der Waals surface area contributed by atoms with Crippen LogP contribution in [0.2, 0.25) is 0 Å². The van der Waals surface area contributed by atoms with Gasteiger partial charge < -0.3 is 16.2 Å². The Morgan fingerprint density at radius 1 is 1.22 bits per heavy atom. The normalized spacial score (nSPS) is 10.1. The molecule has 0 bridgehead atoms. The Bertz CT molecular complexity index is 594. The van der Waals surface area contributed by atoms with Crippen molar-refractivity contribution in [2.75, 3.05) is 11.1 Å². The van der Waals surface area contributed by atoms with Crippen molar-refractivity contribution in [3.8, 4) is 0 Å². The van der Waals surface area contributed by atoms with Crippen LogP contribution in [-0.4, -0.2) is 11.1 Å². The van der Waals surface area contributed by atoms with Crippen LogP contribution < -0.4 is 11.1 Å². The highest BCUT2D eigenvalue weighted by molar-refractivity contribution is 5.91. The van der Waals surface area contributed by atoms with E-state index in [1.165, 1.54) is 12.1 Å². The van der Waals surface area contributed by atoms with Crippen molar-refractivity contribution in [2.45, 2.75) is 6.92 Å². The van der Waals surface area contributed by atoms with E-state index in [-0.39, 0.29) is 5.56 Å². The molecule has 0 aliphatic rings. The predicted molar refractivity (Wildman–Crippen MR) is 72.3 cm³/mol. The Balaban J connectivity index is 2.33. The van der Waals surface area contributed by atoms with Gasteiger partial charge in [-0.05, 0) is 42.8 Å². The number of nitrogens with one attached hydrogen (secondary N) is 1. The number of rotatable bonds is 3. The van der Waals surface area contributed by atoms with Gasteiger partial charge >= 0.3 is 5.97 Å². The summed E-state index contributed by atoms with van der Waals surface area (Å²) in [5, 5.41) is 12.1. The fraction of sp³-hybridized carbons (Fsp3) is 0.0714. The molecule has 18 heavy (non-hydrogen) atoms. The molecule has 0 aliphatic carbocycles. The van der Waals surface area contributed by atoms with E-state index in [0.29, 0.717) is 11.4 Å². The second-order valence-corrected chi connectivity index (χ2v) is 4.10. The van der Waals surface area contributed by atoms with Gasteiger partial charge in [-0.2, -0.15) is 0 Å². The number of aromatic carboxylic acids is 1. The van der Waals surface area contributed by atoms with E-state index in [1.54, 1.807) is 6.07 Å². The van der Waals surface area contributed by atoms with Crippen molar-refractivity contribution in [1.29, 1.82) is 0 Å². The third-order valence-corrected chi connectivity index (χ3v) is 2.60. The number of nitrogen functional groups attached to an aromatic ring is 1. The third kappa shape index (κ3) is 2.60. The molecule has 92 valence electrons. The molecule has 0 unspecified atom stereocenters. The number of hydrogen-bond donors (Lipinski definition) is 3. The number of hydrogen-bond acceptors (Lipinski definition) is 3. The summed E-state index contributed by atoms with van der Waals surface area (Å²) in [5.41, 5.74) is 9.14. The summed E-state index contributed by atoms with van der Waals surface area (Å²) in [6.07, 6.45) is 0. The van der Waals surface area contributed by atoms with E-state index >= 15 is 0 Å². The first kappa shape index (κ1) is 12.0. The number of carboxylic acid groups (broad SMARTS) is 1. The molecule has 4 nitrogen and oxygen atoms in total. The Labute approximate surface area is 105 Å². The van der Waals surface area contributed by atoms with Crippen LogP contribution in [0.4, 0.5) is 17.1 Å².